The number of benzene rings is 1. The Balaban J connectivity index is 1.61. The van der Waals surface area contributed by atoms with E-state index in [0.717, 1.165) is 54.0 Å². The van der Waals surface area contributed by atoms with E-state index in [1.807, 2.05) is 26.2 Å². The van der Waals surface area contributed by atoms with Crippen LogP contribution in [0.2, 0.25) is 0 Å². The van der Waals surface area contributed by atoms with Crippen LogP contribution in [0.25, 0.3) is 22.2 Å². The summed E-state index contributed by atoms with van der Waals surface area (Å²) < 4.78 is 8.10. The van der Waals surface area contributed by atoms with Gasteiger partial charge in [-0.3, -0.25) is 4.79 Å². The monoisotopic (exact) mass is 435 g/mol. The predicted molar refractivity (Wildman–Crippen MR) is 133 cm³/mol. The third-order valence-electron chi connectivity index (χ3n) is 6.70. The van der Waals surface area contributed by atoms with E-state index < -0.39 is 0 Å². The number of rotatable bonds is 7. The number of piperidine rings is 1. The largest absolute Gasteiger partial charge is 0.490 e. The predicted octanol–water partition coefficient (Wildman–Crippen LogP) is 5.61. The molecule has 1 saturated heterocycles. The molecule has 0 amide bonds. The Bertz CT molecular complexity index is 1110. The van der Waals surface area contributed by atoms with Gasteiger partial charge in [-0.1, -0.05) is 27.2 Å². The molecular weight excluding hydrogens is 398 g/mol. The molecule has 1 aromatic carbocycles. The molecule has 4 rings (SSSR count). The lowest BCUT2D eigenvalue weighted by Crippen LogP contribution is -2.38. The molecule has 172 valence electrons. The number of nitrogens with one attached hydrogen (secondary N) is 1. The first-order valence-corrected chi connectivity index (χ1v) is 12.1. The van der Waals surface area contributed by atoms with E-state index in [0.29, 0.717) is 5.92 Å². The first kappa shape index (κ1) is 22.7. The molecule has 0 spiro atoms. The molecule has 2 aromatic heterocycles. The fraction of sp³-hybridized carbons (Fsp3) is 0.519. The summed E-state index contributed by atoms with van der Waals surface area (Å²) in [5.74, 6) is 1.29. The van der Waals surface area contributed by atoms with Gasteiger partial charge >= 0.3 is 0 Å². The van der Waals surface area contributed by atoms with Crippen molar-refractivity contribution in [3.8, 4) is 17.0 Å². The molecule has 3 heterocycles. The smallest absolute Gasteiger partial charge is 0.253 e. The van der Waals surface area contributed by atoms with E-state index in [1.165, 1.54) is 30.3 Å². The molecule has 0 atom stereocenters. The molecule has 1 N–H and O–H groups in total. The van der Waals surface area contributed by atoms with Crippen LogP contribution >= 0.6 is 0 Å². The van der Waals surface area contributed by atoms with Gasteiger partial charge in [-0.2, -0.15) is 0 Å². The van der Waals surface area contributed by atoms with Crippen molar-refractivity contribution in [1.82, 2.24) is 14.5 Å². The Kier molecular flexibility index (Phi) is 6.75. The molecule has 32 heavy (non-hydrogen) atoms. The van der Waals surface area contributed by atoms with Gasteiger partial charge in [-0.05, 0) is 68.5 Å². The first-order valence-electron chi connectivity index (χ1n) is 12.1. The summed E-state index contributed by atoms with van der Waals surface area (Å²) in [5.41, 5.74) is 5.33. The van der Waals surface area contributed by atoms with Crippen LogP contribution in [0.3, 0.4) is 0 Å². The fourth-order valence-electron chi connectivity index (χ4n) is 4.93. The van der Waals surface area contributed by atoms with Crippen molar-refractivity contribution in [3.05, 3.63) is 51.9 Å². The van der Waals surface area contributed by atoms with E-state index in [2.05, 4.69) is 48.9 Å². The van der Waals surface area contributed by atoms with Gasteiger partial charge in [0.1, 0.15) is 11.9 Å². The van der Waals surface area contributed by atoms with Crippen molar-refractivity contribution in [1.29, 1.82) is 0 Å². The number of fused-ring (bicyclic) bond motifs is 1. The molecule has 0 saturated carbocycles. The number of nitrogens with zero attached hydrogens (tertiary/aromatic N) is 2. The van der Waals surface area contributed by atoms with Crippen LogP contribution < -0.4 is 10.3 Å². The highest BCUT2D eigenvalue weighted by atomic mass is 16.5. The quantitative estimate of drug-likeness (QED) is 0.525. The molecule has 5 heteroatoms. The maximum Gasteiger partial charge on any atom is 0.253 e. The van der Waals surface area contributed by atoms with Crippen LogP contribution in [0, 0.1) is 6.92 Å². The van der Waals surface area contributed by atoms with E-state index in [1.54, 1.807) is 4.57 Å². The number of hydrogen-bond acceptors (Lipinski definition) is 3. The van der Waals surface area contributed by atoms with Gasteiger partial charge in [-0.25, -0.2) is 0 Å². The maximum atomic E-state index is 12.2. The number of aryl methyl sites for hydroxylation is 2. The van der Waals surface area contributed by atoms with Crippen molar-refractivity contribution < 1.29 is 4.74 Å². The minimum atomic E-state index is 0.0485. The number of pyridine rings is 1. The van der Waals surface area contributed by atoms with E-state index >= 15 is 0 Å². The lowest BCUT2D eigenvalue weighted by Gasteiger charge is -2.32. The molecule has 0 bridgehead atoms. The Morgan fingerprint density at radius 3 is 2.59 bits per heavy atom. The Hall–Kier alpha value is -2.53. The van der Waals surface area contributed by atoms with Crippen molar-refractivity contribution in [3.63, 3.8) is 0 Å². The minimum Gasteiger partial charge on any atom is -0.490 e. The lowest BCUT2D eigenvalue weighted by molar-refractivity contribution is 0.0999. The molecule has 0 radical (unpaired) electrons. The zero-order valence-corrected chi connectivity index (χ0v) is 20.2. The highest BCUT2D eigenvalue weighted by Gasteiger charge is 2.22. The molecule has 1 aliphatic rings. The summed E-state index contributed by atoms with van der Waals surface area (Å²) in [6.07, 6.45) is 6.94. The zero-order valence-electron chi connectivity index (χ0n) is 20.2. The number of hydrogen-bond donors (Lipinski definition) is 1. The maximum absolute atomic E-state index is 12.2. The molecule has 1 aliphatic heterocycles. The number of aromatic nitrogens is 2. The van der Waals surface area contributed by atoms with E-state index in [-0.39, 0.29) is 11.7 Å². The number of likely N-dealkylation sites (tertiary alicyclic amines) is 1. The molecule has 0 unspecified atom stereocenters. The number of aromatic amines is 1. The highest BCUT2D eigenvalue weighted by molar-refractivity contribution is 5.92. The third kappa shape index (κ3) is 4.63. The Labute approximate surface area is 191 Å². The summed E-state index contributed by atoms with van der Waals surface area (Å²) in [4.78, 5) is 18.4. The summed E-state index contributed by atoms with van der Waals surface area (Å²) in [7, 11) is 1.82. The third-order valence-corrected chi connectivity index (χ3v) is 6.70. The van der Waals surface area contributed by atoms with Gasteiger partial charge in [0, 0.05) is 48.4 Å². The molecular formula is C27H37N3O2. The van der Waals surface area contributed by atoms with Gasteiger partial charge in [0.25, 0.3) is 5.56 Å². The second kappa shape index (κ2) is 9.53. The number of ether oxygens (including phenoxy) is 1. The van der Waals surface area contributed by atoms with Gasteiger partial charge < -0.3 is 19.2 Å². The lowest BCUT2D eigenvalue weighted by atomic mass is 9.96. The van der Waals surface area contributed by atoms with Crippen LogP contribution in [0.5, 0.6) is 5.75 Å². The standard InChI is InChI=1S/C27H37N3O2/c1-6-7-12-30-13-10-21(11-14-30)32-22-8-9-24-23(16-22)25(18(2)3)26(28-24)20-15-19(4)27(31)29(5)17-20/h8-9,15-18,21,28H,6-7,10-14H2,1-5H3. The Morgan fingerprint density at radius 1 is 1.19 bits per heavy atom. The summed E-state index contributed by atoms with van der Waals surface area (Å²) in [5, 5.41) is 1.21. The summed E-state index contributed by atoms with van der Waals surface area (Å²) in [6, 6.07) is 8.40. The number of unbranched alkanes of at least 4 members (excludes halogenated alkanes) is 1. The SMILES string of the molecule is CCCCN1CCC(Oc2ccc3[nH]c(-c4cc(C)c(=O)n(C)c4)c(C(C)C)c3c2)CC1. The zero-order chi connectivity index (χ0) is 22.8. The average molecular weight is 436 g/mol. The Morgan fingerprint density at radius 2 is 1.94 bits per heavy atom. The molecule has 0 aliphatic carbocycles. The van der Waals surface area contributed by atoms with Crippen LogP contribution in [-0.2, 0) is 7.05 Å². The topological polar surface area (TPSA) is 50.3 Å². The van der Waals surface area contributed by atoms with Crippen LogP contribution in [0.4, 0.5) is 0 Å². The van der Waals surface area contributed by atoms with Gasteiger partial charge in [0.15, 0.2) is 0 Å². The van der Waals surface area contributed by atoms with Crippen LogP contribution in [0.15, 0.2) is 35.3 Å². The van der Waals surface area contributed by atoms with Gasteiger partial charge in [0.2, 0.25) is 0 Å². The van der Waals surface area contributed by atoms with Crippen LogP contribution in [-0.4, -0.2) is 40.2 Å². The van der Waals surface area contributed by atoms with Crippen molar-refractivity contribution in [2.24, 2.45) is 7.05 Å². The van der Waals surface area contributed by atoms with Crippen molar-refractivity contribution in [2.45, 2.75) is 65.4 Å². The molecule has 1 fully saturated rings. The normalized spacial score (nSPS) is 15.7. The van der Waals surface area contributed by atoms with Gasteiger partial charge in [-0.15, -0.1) is 0 Å². The fourth-order valence-corrected chi connectivity index (χ4v) is 4.93. The van der Waals surface area contributed by atoms with E-state index in [4.69, 9.17) is 4.74 Å². The highest BCUT2D eigenvalue weighted by Crippen LogP contribution is 2.37. The van der Waals surface area contributed by atoms with Gasteiger partial charge in [0.05, 0.1) is 5.69 Å². The summed E-state index contributed by atoms with van der Waals surface area (Å²) >= 11 is 0. The van der Waals surface area contributed by atoms with E-state index in [9.17, 15) is 4.79 Å². The minimum absolute atomic E-state index is 0.0485. The van der Waals surface area contributed by atoms with Crippen LogP contribution in [0.1, 0.15) is 63.5 Å². The summed E-state index contributed by atoms with van der Waals surface area (Å²) in [6.45, 7) is 12.0. The first-order chi connectivity index (χ1) is 15.4. The molecule has 5 nitrogen and oxygen atoms in total. The number of H-pyrrole nitrogens is 1. The second-order valence-electron chi connectivity index (χ2n) is 9.62. The van der Waals surface area contributed by atoms with Crippen molar-refractivity contribution in [2.75, 3.05) is 19.6 Å². The second-order valence-corrected chi connectivity index (χ2v) is 9.62. The molecule has 3 aromatic rings. The van der Waals surface area contributed by atoms with Crippen molar-refractivity contribution >= 4 is 10.9 Å². The average Bonchev–Trinajstić information content (AvgIpc) is 3.16.